The topological polar surface area (TPSA) is 75.4 Å². The summed E-state index contributed by atoms with van der Waals surface area (Å²) in [5.74, 6) is 0. The maximum absolute atomic E-state index is 12.4. The molecule has 0 unspecified atom stereocenters. The predicted molar refractivity (Wildman–Crippen MR) is 87.9 cm³/mol. The molecule has 0 bridgehead atoms. The van der Waals surface area contributed by atoms with Gasteiger partial charge in [-0.25, -0.2) is 13.1 Å². The quantitative estimate of drug-likeness (QED) is 0.595. The van der Waals surface area contributed by atoms with Crippen LogP contribution < -0.4 is 10.5 Å². The van der Waals surface area contributed by atoms with Crippen molar-refractivity contribution in [2.45, 2.75) is 45.1 Å². The fourth-order valence-electron chi connectivity index (χ4n) is 2.27. The first-order chi connectivity index (χ1) is 9.65. The van der Waals surface area contributed by atoms with Gasteiger partial charge < -0.3 is 10.6 Å². The Morgan fingerprint density at radius 3 is 2.24 bits per heavy atom. The molecule has 0 aliphatic carbocycles. The van der Waals surface area contributed by atoms with E-state index in [9.17, 15) is 8.42 Å². The Morgan fingerprint density at radius 2 is 1.76 bits per heavy atom. The summed E-state index contributed by atoms with van der Waals surface area (Å²) in [5.41, 5.74) is 7.68. The Morgan fingerprint density at radius 1 is 1.24 bits per heavy atom. The average molecular weight is 313 g/mol. The predicted octanol–water partition coefficient (Wildman–Crippen LogP) is 1.89. The van der Waals surface area contributed by atoms with E-state index in [0.29, 0.717) is 34.3 Å². The van der Waals surface area contributed by atoms with E-state index in [4.69, 9.17) is 5.73 Å². The van der Waals surface area contributed by atoms with Gasteiger partial charge in [0, 0.05) is 18.3 Å². The minimum absolute atomic E-state index is 0.342. The van der Waals surface area contributed by atoms with Crippen molar-refractivity contribution in [3.63, 3.8) is 0 Å². The van der Waals surface area contributed by atoms with E-state index in [1.807, 2.05) is 7.05 Å². The second kappa shape index (κ2) is 7.24. The lowest BCUT2D eigenvalue weighted by Crippen LogP contribution is -2.31. The molecule has 0 radical (unpaired) electrons. The molecular weight excluding hydrogens is 286 g/mol. The number of nitrogens with two attached hydrogens (primary N) is 1. The molecule has 120 valence electrons. The Balaban J connectivity index is 2.71. The molecule has 0 amide bonds. The Labute approximate surface area is 128 Å². The van der Waals surface area contributed by atoms with Crippen molar-refractivity contribution in [2.24, 2.45) is 0 Å². The van der Waals surface area contributed by atoms with Crippen LogP contribution in [0.3, 0.4) is 0 Å². The first-order valence-corrected chi connectivity index (χ1v) is 8.70. The first kappa shape index (κ1) is 17.9. The van der Waals surface area contributed by atoms with Crippen LogP contribution in [0.5, 0.6) is 0 Å². The highest BCUT2D eigenvalue weighted by Crippen LogP contribution is 2.22. The molecule has 0 saturated carbocycles. The number of rotatable bonds is 7. The van der Waals surface area contributed by atoms with Crippen LogP contribution in [0, 0.1) is 13.8 Å². The van der Waals surface area contributed by atoms with Gasteiger partial charge >= 0.3 is 0 Å². The van der Waals surface area contributed by atoms with Crippen LogP contribution >= 0.6 is 0 Å². The summed E-state index contributed by atoms with van der Waals surface area (Å²) in [6.07, 6.45) is 0.779. The van der Waals surface area contributed by atoms with Gasteiger partial charge in [-0.05, 0) is 71.0 Å². The van der Waals surface area contributed by atoms with Gasteiger partial charge in [-0.3, -0.25) is 0 Å². The molecule has 0 heterocycles. The van der Waals surface area contributed by atoms with Crippen molar-refractivity contribution < 1.29 is 8.42 Å². The summed E-state index contributed by atoms with van der Waals surface area (Å²) in [6, 6.07) is 3.84. The third-order valence-electron chi connectivity index (χ3n) is 3.61. The zero-order valence-corrected chi connectivity index (χ0v) is 14.4. The van der Waals surface area contributed by atoms with Crippen molar-refractivity contribution in [3.8, 4) is 0 Å². The van der Waals surface area contributed by atoms with Crippen LogP contribution in [0.25, 0.3) is 0 Å². The molecule has 1 rings (SSSR count). The van der Waals surface area contributed by atoms with Gasteiger partial charge in [0.2, 0.25) is 10.0 Å². The number of anilines is 1. The van der Waals surface area contributed by atoms with Crippen LogP contribution in [0.2, 0.25) is 0 Å². The van der Waals surface area contributed by atoms with Crippen LogP contribution in [-0.4, -0.2) is 39.5 Å². The zero-order chi connectivity index (χ0) is 16.2. The highest BCUT2D eigenvalue weighted by atomic mass is 32.2. The molecule has 21 heavy (non-hydrogen) atoms. The summed E-state index contributed by atoms with van der Waals surface area (Å²) in [5, 5.41) is 0. The zero-order valence-electron chi connectivity index (χ0n) is 13.6. The van der Waals surface area contributed by atoms with Crippen LogP contribution in [0.15, 0.2) is 17.0 Å². The standard InChI is InChI=1S/C15H27N3O2S/c1-11(2)18(5)8-6-7-17-21(19,20)15-12(3)9-14(16)10-13(15)4/h9-11,17H,6-8,16H2,1-5H3. The molecule has 0 aliphatic rings. The molecule has 0 fully saturated rings. The number of nitrogens with zero attached hydrogens (tertiary/aromatic N) is 1. The van der Waals surface area contributed by atoms with Gasteiger partial charge in [0.05, 0.1) is 4.90 Å². The van der Waals surface area contributed by atoms with E-state index in [0.717, 1.165) is 13.0 Å². The monoisotopic (exact) mass is 313 g/mol. The molecule has 3 N–H and O–H groups in total. The molecule has 0 atom stereocenters. The number of nitrogen functional groups attached to an aromatic ring is 1. The second-order valence-electron chi connectivity index (χ2n) is 5.81. The van der Waals surface area contributed by atoms with Gasteiger partial charge in [0.1, 0.15) is 0 Å². The number of hydrogen-bond acceptors (Lipinski definition) is 4. The molecule has 0 aromatic heterocycles. The number of sulfonamides is 1. The van der Waals surface area contributed by atoms with Gasteiger partial charge in [-0.1, -0.05) is 0 Å². The minimum atomic E-state index is -3.48. The second-order valence-corrected chi connectivity index (χ2v) is 7.51. The average Bonchev–Trinajstić information content (AvgIpc) is 2.32. The number of hydrogen-bond donors (Lipinski definition) is 2. The molecule has 6 heteroatoms. The van der Waals surface area contributed by atoms with Gasteiger partial charge in [0.25, 0.3) is 0 Å². The fraction of sp³-hybridized carbons (Fsp3) is 0.600. The highest BCUT2D eigenvalue weighted by molar-refractivity contribution is 7.89. The van der Waals surface area contributed by atoms with Crippen molar-refractivity contribution in [3.05, 3.63) is 23.3 Å². The minimum Gasteiger partial charge on any atom is -0.399 e. The Bertz CT molecular complexity index is 560. The van der Waals surface area contributed by atoms with E-state index >= 15 is 0 Å². The van der Waals surface area contributed by atoms with E-state index in [-0.39, 0.29) is 0 Å². The summed E-state index contributed by atoms with van der Waals surface area (Å²) >= 11 is 0. The van der Waals surface area contributed by atoms with Crippen molar-refractivity contribution >= 4 is 15.7 Å². The van der Waals surface area contributed by atoms with E-state index < -0.39 is 10.0 Å². The fourth-order valence-corrected chi connectivity index (χ4v) is 3.80. The van der Waals surface area contributed by atoms with Crippen molar-refractivity contribution in [2.75, 3.05) is 25.9 Å². The Kier molecular flexibility index (Phi) is 6.19. The summed E-state index contributed by atoms with van der Waals surface area (Å²) in [6.45, 7) is 9.06. The molecule has 1 aromatic rings. The molecule has 5 nitrogen and oxygen atoms in total. The normalized spacial score (nSPS) is 12.3. The molecule has 1 aromatic carbocycles. The van der Waals surface area contributed by atoms with E-state index in [2.05, 4.69) is 23.5 Å². The SMILES string of the molecule is Cc1cc(N)cc(C)c1S(=O)(=O)NCCCN(C)C(C)C. The van der Waals surface area contributed by atoms with E-state index in [1.165, 1.54) is 0 Å². The van der Waals surface area contributed by atoms with Gasteiger partial charge in [-0.2, -0.15) is 0 Å². The van der Waals surface area contributed by atoms with Gasteiger partial charge in [-0.15, -0.1) is 0 Å². The van der Waals surface area contributed by atoms with Crippen molar-refractivity contribution in [1.29, 1.82) is 0 Å². The highest BCUT2D eigenvalue weighted by Gasteiger charge is 2.19. The summed E-state index contributed by atoms with van der Waals surface area (Å²) in [4.78, 5) is 2.53. The molecule has 0 spiro atoms. The third-order valence-corrected chi connectivity index (χ3v) is 5.38. The molecule has 0 aliphatic heterocycles. The number of nitrogens with one attached hydrogen (secondary N) is 1. The maximum Gasteiger partial charge on any atom is 0.241 e. The Hall–Kier alpha value is -1.11. The smallest absolute Gasteiger partial charge is 0.241 e. The largest absolute Gasteiger partial charge is 0.399 e. The summed E-state index contributed by atoms with van der Waals surface area (Å²) < 4.78 is 27.5. The number of aryl methyl sites for hydroxylation is 2. The maximum atomic E-state index is 12.4. The lowest BCUT2D eigenvalue weighted by Gasteiger charge is -2.21. The summed E-state index contributed by atoms with van der Waals surface area (Å²) in [7, 11) is -1.45. The third kappa shape index (κ3) is 4.98. The van der Waals surface area contributed by atoms with Gasteiger partial charge in [0.15, 0.2) is 0 Å². The van der Waals surface area contributed by atoms with Crippen LogP contribution in [0.1, 0.15) is 31.4 Å². The van der Waals surface area contributed by atoms with E-state index in [1.54, 1.807) is 26.0 Å². The van der Waals surface area contributed by atoms with Crippen LogP contribution in [-0.2, 0) is 10.0 Å². The lowest BCUT2D eigenvalue weighted by atomic mass is 10.1. The lowest BCUT2D eigenvalue weighted by molar-refractivity contribution is 0.271. The number of benzene rings is 1. The van der Waals surface area contributed by atoms with Crippen molar-refractivity contribution in [1.82, 2.24) is 9.62 Å². The first-order valence-electron chi connectivity index (χ1n) is 7.21. The molecule has 0 saturated heterocycles. The molecular formula is C15H27N3O2S. The van der Waals surface area contributed by atoms with Crippen LogP contribution in [0.4, 0.5) is 5.69 Å².